The maximum Gasteiger partial charge on any atom is 0.573 e. The lowest BCUT2D eigenvalue weighted by Crippen LogP contribution is -2.17. The Balaban J connectivity index is 0.00000256. The SMILES string of the molecule is CCCC(N)c1ccc(OC(F)(F)F)cc1.Cl. The first-order valence-corrected chi connectivity index (χ1v) is 5.03. The summed E-state index contributed by atoms with van der Waals surface area (Å²) in [6, 6.07) is 5.53. The van der Waals surface area contributed by atoms with Crippen LogP contribution in [0.3, 0.4) is 0 Å². The van der Waals surface area contributed by atoms with Gasteiger partial charge in [0.05, 0.1) is 0 Å². The average molecular weight is 270 g/mol. The molecule has 0 saturated carbocycles. The summed E-state index contributed by atoms with van der Waals surface area (Å²) in [7, 11) is 0. The van der Waals surface area contributed by atoms with Crippen molar-refractivity contribution in [3.8, 4) is 5.75 Å². The zero-order chi connectivity index (χ0) is 12.2. The number of rotatable bonds is 4. The van der Waals surface area contributed by atoms with Gasteiger partial charge in [-0.15, -0.1) is 25.6 Å². The molecule has 2 N–H and O–H groups in total. The van der Waals surface area contributed by atoms with Crippen LogP contribution >= 0.6 is 12.4 Å². The van der Waals surface area contributed by atoms with Crippen LogP contribution in [0.2, 0.25) is 0 Å². The molecule has 2 nitrogen and oxygen atoms in total. The molecule has 17 heavy (non-hydrogen) atoms. The highest BCUT2D eigenvalue weighted by molar-refractivity contribution is 5.85. The number of hydrogen-bond donors (Lipinski definition) is 1. The second kappa shape index (κ2) is 6.71. The van der Waals surface area contributed by atoms with E-state index < -0.39 is 6.36 Å². The molecule has 0 radical (unpaired) electrons. The minimum atomic E-state index is -4.65. The van der Waals surface area contributed by atoms with Crippen LogP contribution in [-0.4, -0.2) is 6.36 Å². The molecule has 1 atom stereocenters. The van der Waals surface area contributed by atoms with Crippen molar-refractivity contribution in [2.45, 2.75) is 32.2 Å². The fourth-order valence-corrected chi connectivity index (χ4v) is 1.39. The molecule has 1 rings (SSSR count). The van der Waals surface area contributed by atoms with E-state index in [1.165, 1.54) is 12.1 Å². The Bertz CT molecular complexity index is 326. The molecule has 1 aromatic rings. The van der Waals surface area contributed by atoms with Gasteiger partial charge in [-0.3, -0.25) is 0 Å². The van der Waals surface area contributed by atoms with Crippen LogP contribution in [0.25, 0.3) is 0 Å². The van der Waals surface area contributed by atoms with E-state index in [-0.39, 0.29) is 24.2 Å². The first-order chi connectivity index (χ1) is 7.42. The molecule has 98 valence electrons. The fraction of sp³-hybridized carbons (Fsp3) is 0.455. The first kappa shape index (κ1) is 16.1. The molecule has 6 heteroatoms. The second-order valence-electron chi connectivity index (χ2n) is 3.51. The molecule has 0 bridgehead atoms. The summed E-state index contributed by atoms with van der Waals surface area (Å²) >= 11 is 0. The maximum atomic E-state index is 11.9. The van der Waals surface area contributed by atoms with Crippen molar-refractivity contribution in [2.24, 2.45) is 5.73 Å². The Kier molecular flexibility index (Phi) is 6.34. The fourth-order valence-electron chi connectivity index (χ4n) is 1.39. The molecule has 1 aromatic carbocycles. The summed E-state index contributed by atoms with van der Waals surface area (Å²) in [5.41, 5.74) is 6.64. The van der Waals surface area contributed by atoms with E-state index in [0.717, 1.165) is 18.4 Å². The van der Waals surface area contributed by atoms with E-state index in [9.17, 15) is 13.2 Å². The van der Waals surface area contributed by atoms with Gasteiger partial charge in [0.15, 0.2) is 0 Å². The van der Waals surface area contributed by atoms with E-state index in [2.05, 4.69) is 4.74 Å². The number of ether oxygens (including phenoxy) is 1. The van der Waals surface area contributed by atoms with Gasteiger partial charge in [-0.1, -0.05) is 25.5 Å². The molecule has 0 fully saturated rings. The first-order valence-electron chi connectivity index (χ1n) is 5.03. The number of benzene rings is 1. The third kappa shape index (κ3) is 5.79. The summed E-state index contributed by atoms with van der Waals surface area (Å²) in [6.45, 7) is 2.00. The normalized spacial score (nSPS) is 12.8. The lowest BCUT2D eigenvalue weighted by molar-refractivity contribution is -0.274. The second-order valence-corrected chi connectivity index (χ2v) is 3.51. The Hall–Kier alpha value is -0.940. The minimum absolute atomic E-state index is 0. The van der Waals surface area contributed by atoms with Gasteiger partial charge in [0.25, 0.3) is 0 Å². The van der Waals surface area contributed by atoms with Crippen molar-refractivity contribution in [2.75, 3.05) is 0 Å². The predicted octanol–water partition coefficient (Wildman–Crippen LogP) is 3.81. The molecular weight excluding hydrogens is 255 g/mol. The van der Waals surface area contributed by atoms with Gasteiger partial charge >= 0.3 is 6.36 Å². The monoisotopic (exact) mass is 269 g/mol. The summed E-state index contributed by atoms with van der Waals surface area (Å²) in [4.78, 5) is 0. The van der Waals surface area contributed by atoms with Crippen molar-refractivity contribution in [1.82, 2.24) is 0 Å². The molecule has 0 aromatic heterocycles. The average Bonchev–Trinajstić information content (AvgIpc) is 2.16. The van der Waals surface area contributed by atoms with E-state index in [0.29, 0.717) is 0 Å². The molecule has 1 unspecified atom stereocenters. The molecule has 0 saturated heterocycles. The Morgan fingerprint density at radius 1 is 1.24 bits per heavy atom. The van der Waals surface area contributed by atoms with Crippen LogP contribution in [0.1, 0.15) is 31.4 Å². The molecule has 0 aliphatic heterocycles. The smallest absolute Gasteiger partial charge is 0.406 e. The summed E-state index contributed by atoms with van der Waals surface area (Å²) in [6.07, 6.45) is -2.91. The van der Waals surface area contributed by atoms with Crippen LogP contribution in [0, 0.1) is 0 Å². The van der Waals surface area contributed by atoms with Crippen LogP contribution < -0.4 is 10.5 Å². The maximum absolute atomic E-state index is 11.9. The quantitative estimate of drug-likeness (QED) is 0.902. The summed E-state index contributed by atoms with van der Waals surface area (Å²) in [5, 5.41) is 0. The van der Waals surface area contributed by atoms with Gasteiger partial charge in [0.1, 0.15) is 5.75 Å². The third-order valence-corrected chi connectivity index (χ3v) is 2.14. The van der Waals surface area contributed by atoms with Gasteiger partial charge < -0.3 is 10.5 Å². The van der Waals surface area contributed by atoms with Gasteiger partial charge in [-0.05, 0) is 24.1 Å². The molecule has 0 amide bonds. The highest BCUT2D eigenvalue weighted by Gasteiger charge is 2.30. The Labute approximate surface area is 104 Å². The van der Waals surface area contributed by atoms with E-state index in [4.69, 9.17) is 5.73 Å². The Morgan fingerprint density at radius 3 is 2.18 bits per heavy atom. The lowest BCUT2D eigenvalue weighted by atomic mass is 10.0. The van der Waals surface area contributed by atoms with Crippen molar-refractivity contribution >= 4 is 12.4 Å². The topological polar surface area (TPSA) is 35.2 Å². The van der Waals surface area contributed by atoms with Crippen molar-refractivity contribution in [3.63, 3.8) is 0 Å². The highest BCUT2D eigenvalue weighted by Crippen LogP contribution is 2.24. The van der Waals surface area contributed by atoms with Gasteiger partial charge in [-0.2, -0.15) is 0 Å². The van der Waals surface area contributed by atoms with Crippen molar-refractivity contribution in [3.05, 3.63) is 29.8 Å². The molecule has 0 aliphatic rings. The number of nitrogens with two attached hydrogens (primary N) is 1. The van der Waals surface area contributed by atoms with Gasteiger partial charge in [0.2, 0.25) is 0 Å². The number of hydrogen-bond acceptors (Lipinski definition) is 2. The van der Waals surface area contributed by atoms with E-state index in [1.54, 1.807) is 12.1 Å². The molecular formula is C11H15ClF3NO. The molecule has 0 aliphatic carbocycles. The largest absolute Gasteiger partial charge is 0.573 e. The van der Waals surface area contributed by atoms with Crippen LogP contribution in [0.15, 0.2) is 24.3 Å². The van der Waals surface area contributed by atoms with Crippen LogP contribution in [0.5, 0.6) is 5.75 Å². The van der Waals surface area contributed by atoms with E-state index in [1.807, 2.05) is 6.92 Å². The number of halogens is 4. The van der Waals surface area contributed by atoms with Gasteiger partial charge in [0, 0.05) is 6.04 Å². The zero-order valence-electron chi connectivity index (χ0n) is 9.33. The molecule has 0 heterocycles. The van der Waals surface area contributed by atoms with E-state index >= 15 is 0 Å². The Morgan fingerprint density at radius 2 is 1.76 bits per heavy atom. The van der Waals surface area contributed by atoms with Gasteiger partial charge in [-0.25, -0.2) is 0 Å². The predicted molar refractivity (Wildman–Crippen MR) is 62.2 cm³/mol. The third-order valence-electron chi connectivity index (χ3n) is 2.14. The lowest BCUT2D eigenvalue weighted by Gasteiger charge is -2.12. The summed E-state index contributed by atoms with van der Waals surface area (Å²) in [5.74, 6) is -0.222. The van der Waals surface area contributed by atoms with Crippen molar-refractivity contribution in [1.29, 1.82) is 0 Å². The number of alkyl halides is 3. The van der Waals surface area contributed by atoms with Crippen LogP contribution in [0.4, 0.5) is 13.2 Å². The standard InChI is InChI=1S/C11H14F3NO.ClH/c1-2-3-10(15)8-4-6-9(7-5-8)16-11(12,13)14;/h4-7,10H,2-3,15H2,1H3;1H. The molecule has 0 spiro atoms. The van der Waals surface area contributed by atoms with Crippen LogP contribution in [-0.2, 0) is 0 Å². The minimum Gasteiger partial charge on any atom is -0.406 e. The summed E-state index contributed by atoms with van der Waals surface area (Å²) < 4.78 is 39.4. The van der Waals surface area contributed by atoms with Crippen molar-refractivity contribution < 1.29 is 17.9 Å². The zero-order valence-corrected chi connectivity index (χ0v) is 10.1. The highest BCUT2D eigenvalue weighted by atomic mass is 35.5.